The monoisotopic (exact) mass is 503 g/mol. The summed E-state index contributed by atoms with van der Waals surface area (Å²) in [5.74, 6) is -0.622. The van der Waals surface area contributed by atoms with Crippen LogP contribution < -0.4 is 10.6 Å². The highest BCUT2D eigenvalue weighted by molar-refractivity contribution is 7.14. The zero-order chi connectivity index (χ0) is 26.1. The van der Waals surface area contributed by atoms with Gasteiger partial charge in [-0.15, -0.1) is 11.3 Å². The van der Waals surface area contributed by atoms with E-state index in [-0.39, 0.29) is 23.9 Å². The first-order valence-corrected chi connectivity index (χ1v) is 12.7. The fourth-order valence-electron chi connectivity index (χ4n) is 3.23. The van der Waals surface area contributed by atoms with Gasteiger partial charge in [0.05, 0.1) is 17.8 Å². The summed E-state index contributed by atoms with van der Waals surface area (Å²) in [7, 11) is 0. The van der Waals surface area contributed by atoms with Crippen molar-refractivity contribution >= 4 is 40.1 Å². The number of aromatic nitrogens is 2. The van der Waals surface area contributed by atoms with Crippen molar-refractivity contribution in [3.05, 3.63) is 77.6 Å². The van der Waals surface area contributed by atoms with Gasteiger partial charge in [-0.3, -0.25) is 14.6 Å². The van der Waals surface area contributed by atoms with E-state index in [9.17, 15) is 9.59 Å². The lowest BCUT2D eigenvalue weighted by Gasteiger charge is -2.20. The number of rotatable bonds is 9. The molecule has 8 heteroatoms. The number of anilines is 1. The standard InChI is InChI=1S/C28H33N5O2S/c1-6-7-13-29-14-11-20(2)21-9-8-10-22(16-21)24-19-36-27(31-24)32-25(34)17-30-26(35)23-12-15-33(18-23)28(3,4)5/h7-16,18-19H,6,17H2,1-5H3,(H,30,35)(H,31,32,34)/b13-7+,20-11+,29-14-. The van der Waals surface area contributed by atoms with Crippen molar-refractivity contribution in [3.63, 3.8) is 0 Å². The number of hydrogen-bond donors (Lipinski definition) is 2. The SMILES string of the molecule is CC/C=C/N=C\C=C(/C)c1cccc(-c2csc(NC(=O)CNC(=O)c3ccn(C(C)(C)C)c3)n2)c1. The second-order valence-corrected chi connectivity index (χ2v) is 10.1. The lowest BCUT2D eigenvalue weighted by molar-refractivity contribution is -0.115. The Hall–Kier alpha value is -3.78. The van der Waals surface area contributed by atoms with Crippen molar-refractivity contribution in [2.45, 2.75) is 46.6 Å². The van der Waals surface area contributed by atoms with E-state index in [0.29, 0.717) is 10.7 Å². The summed E-state index contributed by atoms with van der Waals surface area (Å²) >= 11 is 1.34. The van der Waals surface area contributed by atoms with Crippen molar-refractivity contribution in [1.82, 2.24) is 14.9 Å². The molecule has 0 atom stereocenters. The van der Waals surface area contributed by atoms with Crippen molar-refractivity contribution in [1.29, 1.82) is 0 Å². The molecule has 2 N–H and O–H groups in total. The van der Waals surface area contributed by atoms with Crippen LogP contribution in [0.1, 0.15) is 57.0 Å². The van der Waals surface area contributed by atoms with Gasteiger partial charge in [0, 0.05) is 41.3 Å². The van der Waals surface area contributed by atoms with Gasteiger partial charge in [-0.1, -0.05) is 31.2 Å². The molecule has 3 aromatic rings. The highest BCUT2D eigenvalue weighted by Gasteiger charge is 2.16. The van der Waals surface area contributed by atoms with Gasteiger partial charge in [0.25, 0.3) is 5.91 Å². The van der Waals surface area contributed by atoms with Gasteiger partial charge in [-0.05, 0) is 63.5 Å². The number of aliphatic imine (C=N–C) groups is 1. The molecule has 7 nitrogen and oxygen atoms in total. The number of carbonyl (C=O) groups is 2. The Bertz CT molecular complexity index is 1290. The smallest absolute Gasteiger partial charge is 0.253 e. The van der Waals surface area contributed by atoms with E-state index < -0.39 is 0 Å². The van der Waals surface area contributed by atoms with Crippen LogP contribution in [0, 0.1) is 0 Å². The Morgan fingerprint density at radius 1 is 1.19 bits per heavy atom. The molecule has 0 fully saturated rings. The normalized spacial score (nSPS) is 12.4. The molecule has 0 unspecified atom stereocenters. The number of nitrogens with one attached hydrogen (secondary N) is 2. The summed E-state index contributed by atoms with van der Waals surface area (Å²) < 4.78 is 1.96. The molecule has 2 heterocycles. The summed E-state index contributed by atoms with van der Waals surface area (Å²) in [5, 5.41) is 7.81. The second-order valence-electron chi connectivity index (χ2n) is 9.27. The first-order chi connectivity index (χ1) is 17.2. The minimum atomic E-state index is -0.330. The van der Waals surface area contributed by atoms with E-state index >= 15 is 0 Å². The van der Waals surface area contributed by atoms with Gasteiger partial charge >= 0.3 is 0 Å². The fourth-order valence-corrected chi connectivity index (χ4v) is 3.96. The Kier molecular flexibility index (Phi) is 9.13. The van der Waals surface area contributed by atoms with E-state index in [1.807, 2.05) is 53.4 Å². The maximum absolute atomic E-state index is 12.4. The minimum Gasteiger partial charge on any atom is -0.348 e. The third-order valence-electron chi connectivity index (χ3n) is 5.34. The molecule has 0 spiro atoms. The molecule has 2 amide bonds. The van der Waals surface area contributed by atoms with Gasteiger partial charge < -0.3 is 15.2 Å². The topological polar surface area (TPSA) is 88.4 Å². The molecule has 0 aliphatic heterocycles. The quantitative estimate of drug-likeness (QED) is 0.344. The zero-order valence-corrected chi connectivity index (χ0v) is 22.2. The molecule has 0 radical (unpaired) electrons. The Labute approximate surface area is 216 Å². The van der Waals surface area contributed by atoms with Gasteiger partial charge in [0.2, 0.25) is 5.91 Å². The fraction of sp³-hybridized carbons (Fsp3) is 0.286. The van der Waals surface area contributed by atoms with E-state index in [1.165, 1.54) is 11.3 Å². The summed E-state index contributed by atoms with van der Waals surface area (Å²) in [6.07, 6.45) is 12.1. The molecular weight excluding hydrogens is 470 g/mol. The minimum absolute atomic E-state index is 0.118. The number of benzene rings is 1. The van der Waals surface area contributed by atoms with Crippen LogP contribution in [-0.4, -0.2) is 34.1 Å². The summed E-state index contributed by atoms with van der Waals surface area (Å²) in [6.45, 7) is 10.1. The first kappa shape index (κ1) is 26.8. The number of carbonyl (C=O) groups excluding carboxylic acids is 2. The van der Waals surface area contributed by atoms with Gasteiger partial charge in [0.1, 0.15) is 0 Å². The van der Waals surface area contributed by atoms with E-state index in [1.54, 1.807) is 24.7 Å². The van der Waals surface area contributed by atoms with Crippen molar-refractivity contribution in [3.8, 4) is 11.3 Å². The molecule has 1 aromatic carbocycles. The van der Waals surface area contributed by atoms with Crippen LogP contribution in [0.3, 0.4) is 0 Å². The third-order valence-corrected chi connectivity index (χ3v) is 6.10. The number of amides is 2. The molecule has 2 aromatic heterocycles. The molecule has 0 saturated heterocycles. The highest BCUT2D eigenvalue weighted by atomic mass is 32.1. The highest BCUT2D eigenvalue weighted by Crippen LogP contribution is 2.27. The molecule has 188 valence electrons. The van der Waals surface area contributed by atoms with E-state index in [4.69, 9.17) is 0 Å². The van der Waals surface area contributed by atoms with Gasteiger partial charge in [0.15, 0.2) is 5.13 Å². The molecule has 36 heavy (non-hydrogen) atoms. The lowest BCUT2D eigenvalue weighted by atomic mass is 10.0. The van der Waals surface area contributed by atoms with Crippen LogP contribution in [0.15, 0.2) is 71.4 Å². The number of nitrogens with zero attached hydrogens (tertiary/aromatic N) is 3. The van der Waals surface area contributed by atoms with Gasteiger partial charge in [-0.25, -0.2) is 4.98 Å². The molecule has 0 aliphatic carbocycles. The summed E-state index contributed by atoms with van der Waals surface area (Å²) in [5.41, 5.74) is 4.28. The van der Waals surface area contributed by atoms with Crippen LogP contribution in [-0.2, 0) is 10.3 Å². The predicted molar refractivity (Wildman–Crippen MR) is 150 cm³/mol. The van der Waals surface area contributed by atoms with Crippen LogP contribution >= 0.6 is 11.3 Å². The summed E-state index contributed by atoms with van der Waals surface area (Å²) in [4.78, 5) is 33.6. The Morgan fingerprint density at radius 2 is 2.00 bits per heavy atom. The van der Waals surface area contributed by atoms with E-state index in [2.05, 4.69) is 54.4 Å². The molecule has 0 aliphatic rings. The van der Waals surface area contributed by atoms with Crippen LogP contribution in [0.4, 0.5) is 5.13 Å². The molecule has 0 bridgehead atoms. The van der Waals surface area contributed by atoms with E-state index in [0.717, 1.165) is 28.8 Å². The van der Waals surface area contributed by atoms with Crippen molar-refractivity contribution < 1.29 is 9.59 Å². The van der Waals surface area contributed by atoms with Crippen molar-refractivity contribution in [2.75, 3.05) is 11.9 Å². The summed E-state index contributed by atoms with van der Waals surface area (Å²) in [6, 6.07) is 9.81. The largest absolute Gasteiger partial charge is 0.348 e. The number of allylic oxidation sites excluding steroid dienone is 3. The maximum atomic E-state index is 12.4. The number of hydrogen-bond acceptors (Lipinski definition) is 5. The zero-order valence-electron chi connectivity index (χ0n) is 21.4. The van der Waals surface area contributed by atoms with Crippen molar-refractivity contribution in [2.24, 2.45) is 4.99 Å². The molecule has 0 saturated carbocycles. The second kappa shape index (κ2) is 12.3. The van der Waals surface area contributed by atoms with Crippen LogP contribution in [0.25, 0.3) is 16.8 Å². The Morgan fingerprint density at radius 3 is 2.72 bits per heavy atom. The molecule has 3 rings (SSSR count). The maximum Gasteiger partial charge on any atom is 0.253 e. The van der Waals surface area contributed by atoms with Crippen LogP contribution in [0.2, 0.25) is 0 Å². The van der Waals surface area contributed by atoms with Crippen LogP contribution in [0.5, 0.6) is 0 Å². The first-order valence-electron chi connectivity index (χ1n) is 11.9. The Balaban J connectivity index is 1.58. The predicted octanol–water partition coefficient (Wildman–Crippen LogP) is 6.13. The molecular formula is C28H33N5O2S. The third kappa shape index (κ3) is 7.61. The average molecular weight is 504 g/mol. The van der Waals surface area contributed by atoms with Gasteiger partial charge in [-0.2, -0.15) is 0 Å². The number of thiazole rings is 1. The lowest BCUT2D eigenvalue weighted by Crippen LogP contribution is -2.32. The average Bonchev–Trinajstić information content (AvgIpc) is 3.53.